The van der Waals surface area contributed by atoms with Crippen molar-refractivity contribution in [1.29, 1.82) is 0 Å². The van der Waals surface area contributed by atoms with Crippen LogP contribution in [0.3, 0.4) is 0 Å². The third kappa shape index (κ3) is 2.50. The Morgan fingerprint density at radius 2 is 1.85 bits per heavy atom. The van der Waals surface area contributed by atoms with Crippen molar-refractivity contribution in [2.45, 2.75) is 64.9 Å². The molecule has 5 rings (SSSR count). The van der Waals surface area contributed by atoms with Crippen LogP contribution in [-0.2, 0) is 0 Å². The van der Waals surface area contributed by atoms with Crippen molar-refractivity contribution < 1.29 is 9.50 Å². The Balaban J connectivity index is 1.46. The summed E-state index contributed by atoms with van der Waals surface area (Å²) in [5.41, 5.74) is 4.47. The highest BCUT2D eigenvalue weighted by molar-refractivity contribution is 5.72. The molecular weight excluding hydrogens is 337 g/mol. The normalized spacial score (nSPS) is 43.3. The molecule has 0 amide bonds. The van der Waals surface area contributed by atoms with E-state index in [0.717, 1.165) is 49.5 Å². The number of fused-ring (bicyclic) bond motifs is 5. The topological polar surface area (TPSA) is 33.1 Å². The van der Waals surface area contributed by atoms with Gasteiger partial charge in [0.2, 0.25) is 5.95 Å². The van der Waals surface area contributed by atoms with E-state index < -0.39 is 5.95 Å². The highest BCUT2D eigenvalue weighted by Gasteiger charge is 2.56. The predicted molar refractivity (Wildman–Crippen MR) is 105 cm³/mol. The summed E-state index contributed by atoms with van der Waals surface area (Å²) in [4.78, 5) is 3.91. The Bertz CT molecular complexity index is 812. The molecule has 0 aliphatic heterocycles. The number of rotatable bonds is 1. The fraction of sp³-hybridized carbons (Fsp3) is 0.625. The largest absolute Gasteiger partial charge is 0.393 e. The van der Waals surface area contributed by atoms with E-state index in [2.05, 4.69) is 31.0 Å². The number of nitrogens with zero attached hydrogens (tertiary/aromatic N) is 1. The highest BCUT2D eigenvalue weighted by atomic mass is 19.1. The average molecular weight is 368 g/mol. The molecule has 0 saturated heterocycles. The Morgan fingerprint density at radius 1 is 1.04 bits per heavy atom. The van der Waals surface area contributed by atoms with Crippen LogP contribution in [0.15, 0.2) is 36.1 Å². The molecule has 0 spiro atoms. The van der Waals surface area contributed by atoms with Crippen molar-refractivity contribution in [3.8, 4) is 0 Å². The molecule has 6 atom stereocenters. The number of aliphatic hydroxyl groups is 1. The Morgan fingerprint density at radius 3 is 2.63 bits per heavy atom. The molecule has 0 unspecified atom stereocenters. The summed E-state index contributed by atoms with van der Waals surface area (Å²) < 4.78 is 13.3. The summed E-state index contributed by atoms with van der Waals surface area (Å²) in [6.45, 7) is 4.90. The van der Waals surface area contributed by atoms with Gasteiger partial charge in [-0.2, -0.15) is 4.39 Å². The van der Waals surface area contributed by atoms with Gasteiger partial charge in [0.1, 0.15) is 0 Å². The molecule has 4 aliphatic carbocycles. The van der Waals surface area contributed by atoms with E-state index in [1.807, 2.05) is 6.07 Å². The lowest BCUT2D eigenvalue weighted by Gasteiger charge is -2.57. The standard InChI is InChI=1S/C24H30FNO/c1-23-11-9-17(27)13-16(23)4-5-18-20-7-6-19(15-3-8-22(25)26-14-15)24(20,2)12-10-21(18)23/h3-4,6,8,14,17-18,20-21,27H,5,7,9-13H2,1-2H3/t17-,18-,20-,21-,23-,24+/m0/s1. The SMILES string of the molecule is C[C@]12CC[C@H](O)CC1=CC[C@@H]1[C@@H]2CC[C@]2(C)C(c3ccc(F)nc3)=CC[C@@H]12. The quantitative estimate of drug-likeness (QED) is 0.522. The first kappa shape index (κ1) is 17.6. The molecule has 0 bridgehead atoms. The van der Waals surface area contributed by atoms with Crippen LogP contribution in [0.25, 0.3) is 5.57 Å². The zero-order valence-electron chi connectivity index (χ0n) is 16.4. The van der Waals surface area contributed by atoms with E-state index in [-0.39, 0.29) is 16.9 Å². The van der Waals surface area contributed by atoms with Crippen LogP contribution in [0.4, 0.5) is 4.39 Å². The summed E-state index contributed by atoms with van der Waals surface area (Å²) in [7, 11) is 0. The molecule has 27 heavy (non-hydrogen) atoms. The van der Waals surface area contributed by atoms with Crippen molar-refractivity contribution in [3.05, 3.63) is 47.6 Å². The summed E-state index contributed by atoms with van der Waals surface area (Å²) in [6.07, 6.45) is 14.2. The van der Waals surface area contributed by atoms with Crippen LogP contribution >= 0.6 is 0 Å². The maximum absolute atomic E-state index is 13.3. The maximum atomic E-state index is 13.3. The number of hydrogen-bond donors (Lipinski definition) is 1. The van der Waals surface area contributed by atoms with Gasteiger partial charge >= 0.3 is 0 Å². The highest BCUT2D eigenvalue weighted by Crippen LogP contribution is 2.66. The van der Waals surface area contributed by atoms with Crippen LogP contribution in [0.1, 0.15) is 64.4 Å². The minimum absolute atomic E-state index is 0.138. The molecule has 144 valence electrons. The van der Waals surface area contributed by atoms with Crippen molar-refractivity contribution in [2.75, 3.05) is 0 Å². The lowest BCUT2D eigenvalue weighted by Crippen LogP contribution is -2.49. The van der Waals surface area contributed by atoms with Gasteiger partial charge in [0.15, 0.2) is 0 Å². The first-order valence-corrected chi connectivity index (χ1v) is 10.6. The molecule has 2 saturated carbocycles. The minimum atomic E-state index is -0.403. The van der Waals surface area contributed by atoms with Crippen LogP contribution in [0.2, 0.25) is 0 Å². The van der Waals surface area contributed by atoms with Crippen LogP contribution in [-0.4, -0.2) is 16.2 Å². The number of aromatic nitrogens is 1. The molecule has 2 nitrogen and oxygen atoms in total. The van der Waals surface area contributed by atoms with E-state index in [9.17, 15) is 9.50 Å². The van der Waals surface area contributed by atoms with Crippen LogP contribution in [0.5, 0.6) is 0 Å². The second-order valence-corrected chi connectivity index (χ2v) is 9.84. The molecule has 0 radical (unpaired) electrons. The summed E-state index contributed by atoms with van der Waals surface area (Å²) >= 11 is 0. The monoisotopic (exact) mass is 367 g/mol. The fourth-order valence-corrected chi connectivity index (χ4v) is 7.19. The minimum Gasteiger partial charge on any atom is -0.393 e. The zero-order chi connectivity index (χ0) is 18.8. The second-order valence-electron chi connectivity index (χ2n) is 9.84. The summed E-state index contributed by atoms with van der Waals surface area (Å²) in [6, 6.07) is 3.39. The molecular formula is C24H30FNO. The average Bonchev–Trinajstić information content (AvgIpc) is 3.00. The van der Waals surface area contributed by atoms with Gasteiger partial charge in [-0.05, 0) is 96.8 Å². The van der Waals surface area contributed by atoms with Gasteiger partial charge in [0.05, 0.1) is 6.10 Å². The lowest BCUT2D eigenvalue weighted by molar-refractivity contribution is -0.0238. The summed E-state index contributed by atoms with van der Waals surface area (Å²) in [5, 5.41) is 10.1. The number of allylic oxidation sites excluding steroid dienone is 3. The van der Waals surface area contributed by atoms with Gasteiger partial charge < -0.3 is 5.11 Å². The van der Waals surface area contributed by atoms with E-state index in [1.165, 1.54) is 30.1 Å². The van der Waals surface area contributed by atoms with Gasteiger partial charge in [0, 0.05) is 6.20 Å². The van der Waals surface area contributed by atoms with Crippen molar-refractivity contribution in [1.82, 2.24) is 4.98 Å². The lowest BCUT2D eigenvalue weighted by atomic mass is 9.47. The molecule has 1 heterocycles. The molecule has 4 aliphatic rings. The smallest absolute Gasteiger partial charge is 0.212 e. The summed E-state index contributed by atoms with van der Waals surface area (Å²) in [5.74, 6) is 1.72. The van der Waals surface area contributed by atoms with Crippen LogP contribution < -0.4 is 0 Å². The van der Waals surface area contributed by atoms with Gasteiger partial charge in [-0.3, -0.25) is 0 Å². The molecule has 3 heteroatoms. The van der Waals surface area contributed by atoms with E-state index in [1.54, 1.807) is 6.20 Å². The third-order valence-corrected chi connectivity index (χ3v) is 8.70. The number of hydrogen-bond acceptors (Lipinski definition) is 2. The zero-order valence-corrected chi connectivity index (χ0v) is 16.4. The first-order chi connectivity index (χ1) is 12.9. The van der Waals surface area contributed by atoms with Gasteiger partial charge in [0.25, 0.3) is 0 Å². The first-order valence-electron chi connectivity index (χ1n) is 10.6. The number of aliphatic hydroxyl groups excluding tert-OH is 1. The van der Waals surface area contributed by atoms with Crippen molar-refractivity contribution >= 4 is 5.57 Å². The van der Waals surface area contributed by atoms with Crippen molar-refractivity contribution in [2.24, 2.45) is 28.6 Å². The van der Waals surface area contributed by atoms with E-state index >= 15 is 0 Å². The molecule has 2 fully saturated rings. The molecule has 0 aromatic carbocycles. The molecule has 1 aromatic rings. The van der Waals surface area contributed by atoms with Gasteiger partial charge in [-0.1, -0.05) is 31.6 Å². The molecule has 1 aromatic heterocycles. The van der Waals surface area contributed by atoms with Crippen LogP contribution in [0, 0.1) is 34.5 Å². The second kappa shape index (κ2) is 6.01. The maximum Gasteiger partial charge on any atom is 0.212 e. The van der Waals surface area contributed by atoms with E-state index in [0.29, 0.717) is 5.92 Å². The fourth-order valence-electron chi connectivity index (χ4n) is 7.19. The number of halogens is 1. The van der Waals surface area contributed by atoms with Crippen molar-refractivity contribution in [3.63, 3.8) is 0 Å². The Labute approximate surface area is 161 Å². The van der Waals surface area contributed by atoms with E-state index in [4.69, 9.17) is 0 Å². The predicted octanol–water partition coefficient (Wildman–Crippen LogP) is 5.54. The Hall–Kier alpha value is -1.48. The molecule has 1 N–H and O–H groups in total. The third-order valence-electron chi connectivity index (χ3n) is 8.70. The Kier molecular flexibility index (Phi) is 3.92. The van der Waals surface area contributed by atoms with Gasteiger partial charge in [-0.15, -0.1) is 0 Å². The number of pyridine rings is 1. The van der Waals surface area contributed by atoms with Gasteiger partial charge in [-0.25, -0.2) is 4.98 Å².